The van der Waals surface area contributed by atoms with Gasteiger partial charge in [-0.1, -0.05) is 35.9 Å². The highest BCUT2D eigenvalue weighted by Gasteiger charge is 2.70. The van der Waals surface area contributed by atoms with Gasteiger partial charge in [0.25, 0.3) is 5.91 Å². The third-order valence-corrected chi connectivity index (χ3v) is 8.83. The standard InChI is InChI=1S/C24H25ClN2O5S/c25-15-6-8-16(9-7-15)26-11-4-10-24-19(21(29)27(12-13-28)20(24)22(26)30)18-17(33-24)5-2-1-3-14-32-23(18)31/h2,4-10,17-20,28H,1,3,11-14H2/b5-2-/t17-,18+,19+,20?,24+/m1/s1. The van der Waals surface area contributed by atoms with Gasteiger partial charge in [-0.2, -0.15) is 0 Å². The van der Waals surface area contributed by atoms with Crippen LogP contribution in [0.3, 0.4) is 0 Å². The smallest absolute Gasteiger partial charge is 0.311 e. The molecule has 0 bridgehead atoms. The molecule has 7 nitrogen and oxygen atoms in total. The molecule has 2 saturated heterocycles. The molecule has 0 aliphatic carbocycles. The molecule has 1 unspecified atom stereocenters. The van der Waals surface area contributed by atoms with E-state index in [-0.39, 0.29) is 30.2 Å². The van der Waals surface area contributed by atoms with Gasteiger partial charge in [0, 0.05) is 29.0 Å². The Hall–Kier alpha value is -2.29. The third-order valence-electron chi connectivity index (χ3n) is 6.83. The Bertz CT molecular complexity index is 1030. The zero-order valence-electron chi connectivity index (χ0n) is 17.9. The van der Waals surface area contributed by atoms with E-state index in [9.17, 15) is 19.5 Å². The first-order chi connectivity index (χ1) is 16.0. The van der Waals surface area contributed by atoms with Crippen molar-refractivity contribution in [3.8, 4) is 0 Å². The van der Waals surface area contributed by atoms with E-state index in [1.165, 1.54) is 16.7 Å². The second-order valence-electron chi connectivity index (χ2n) is 8.66. The summed E-state index contributed by atoms with van der Waals surface area (Å²) in [6.45, 7) is 0.404. The fourth-order valence-electron chi connectivity index (χ4n) is 5.45. The van der Waals surface area contributed by atoms with Crippen molar-refractivity contribution in [1.29, 1.82) is 0 Å². The normalized spacial score (nSPS) is 34.5. The SMILES string of the molecule is O=C1OCCC/C=C\[C@H]2S[C@]34C=CCN(c5ccc(Cl)cc5)C(=O)C3N(CCO)C(=O)[C@@H]4[C@@H]12. The van der Waals surface area contributed by atoms with Crippen molar-refractivity contribution in [2.75, 3.05) is 31.2 Å². The Balaban J connectivity index is 1.60. The number of carbonyl (C=O) groups is 3. The van der Waals surface area contributed by atoms with Crippen LogP contribution in [-0.2, 0) is 19.1 Å². The number of esters is 1. The molecule has 1 spiro atoms. The van der Waals surface area contributed by atoms with Gasteiger partial charge in [0.1, 0.15) is 6.04 Å². The van der Waals surface area contributed by atoms with Crippen molar-refractivity contribution < 1.29 is 24.2 Å². The minimum atomic E-state index is -0.914. The van der Waals surface area contributed by atoms with Crippen molar-refractivity contribution in [1.82, 2.24) is 4.90 Å². The lowest BCUT2D eigenvalue weighted by Crippen LogP contribution is -2.53. The van der Waals surface area contributed by atoms with Gasteiger partial charge < -0.3 is 19.6 Å². The van der Waals surface area contributed by atoms with Crippen LogP contribution in [0.1, 0.15) is 12.8 Å². The molecule has 4 aliphatic heterocycles. The van der Waals surface area contributed by atoms with Crippen molar-refractivity contribution >= 4 is 46.8 Å². The maximum absolute atomic E-state index is 14.0. The number of thioether (sulfide) groups is 1. The first kappa shape index (κ1) is 22.5. The maximum Gasteiger partial charge on any atom is 0.311 e. The number of rotatable bonds is 3. The van der Waals surface area contributed by atoms with Crippen molar-refractivity contribution in [2.45, 2.75) is 28.9 Å². The molecule has 33 heavy (non-hydrogen) atoms. The highest BCUT2D eigenvalue weighted by atomic mass is 35.5. The number of carbonyl (C=O) groups excluding carboxylic acids is 3. The third kappa shape index (κ3) is 3.59. The number of aliphatic hydroxyl groups is 1. The largest absolute Gasteiger partial charge is 0.465 e. The number of benzene rings is 1. The molecular weight excluding hydrogens is 464 g/mol. The van der Waals surface area contributed by atoms with Crippen LogP contribution in [0.5, 0.6) is 0 Å². The Morgan fingerprint density at radius 3 is 2.70 bits per heavy atom. The summed E-state index contributed by atoms with van der Waals surface area (Å²) in [6.07, 6.45) is 9.41. The number of nitrogens with zero attached hydrogens (tertiary/aromatic N) is 2. The molecule has 1 aromatic carbocycles. The molecular formula is C24H25ClN2O5S. The number of halogens is 1. The summed E-state index contributed by atoms with van der Waals surface area (Å²) in [6, 6.07) is 6.15. The number of aliphatic hydroxyl groups excluding tert-OH is 1. The molecule has 4 aliphatic rings. The van der Waals surface area contributed by atoms with Crippen molar-refractivity contribution in [3.63, 3.8) is 0 Å². The van der Waals surface area contributed by atoms with Crippen LogP contribution in [0.25, 0.3) is 0 Å². The first-order valence-corrected chi connectivity index (χ1v) is 12.4. The molecule has 0 aromatic heterocycles. The van der Waals surface area contributed by atoms with E-state index in [4.69, 9.17) is 16.3 Å². The van der Waals surface area contributed by atoms with Crippen molar-refractivity contribution in [3.05, 3.63) is 53.6 Å². The highest BCUT2D eigenvalue weighted by Crippen LogP contribution is 2.60. The lowest BCUT2D eigenvalue weighted by atomic mass is 9.78. The second-order valence-corrected chi connectivity index (χ2v) is 10.6. The first-order valence-electron chi connectivity index (χ1n) is 11.1. The molecule has 2 amide bonds. The summed E-state index contributed by atoms with van der Waals surface area (Å²) in [5.74, 6) is -2.32. The van der Waals surface area contributed by atoms with E-state index in [0.29, 0.717) is 23.9 Å². The Kier molecular flexibility index (Phi) is 6.01. The Morgan fingerprint density at radius 2 is 1.94 bits per heavy atom. The lowest BCUT2D eigenvalue weighted by molar-refractivity contribution is -0.153. The average molecular weight is 489 g/mol. The molecule has 1 N–H and O–H groups in total. The van der Waals surface area contributed by atoms with E-state index in [0.717, 1.165) is 12.8 Å². The van der Waals surface area contributed by atoms with E-state index in [1.54, 1.807) is 29.2 Å². The average Bonchev–Trinajstić information content (AvgIpc) is 3.20. The van der Waals surface area contributed by atoms with E-state index in [2.05, 4.69) is 0 Å². The summed E-state index contributed by atoms with van der Waals surface area (Å²) >= 11 is 7.53. The van der Waals surface area contributed by atoms with Crippen LogP contribution in [0.2, 0.25) is 5.02 Å². The Morgan fingerprint density at radius 1 is 1.15 bits per heavy atom. The minimum Gasteiger partial charge on any atom is -0.465 e. The molecule has 4 heterocycles. The fraction of sp³-hybridized carbons (Fsp3) is 0.458. The summed E-state index contributed by atoms with van der Waals surface area (Å²) in [4.78, 5) is 43.9. The highest BCUT2D eigenvalue weighted by molar-refractivity contribution is 8.02. The van der Waals surface area contributed by atoms with Gasteiger partial charge in [-0.15, -0.1) is 11.8 Å². The van der Waals surface area contributed by atoms with Crippen molar-refractivity contribution in [2.24, 2.45) is 11.8 Å². The van der Waals surface area contributed by atoms with E-state index >= 15 is 0 Å². The Labute approximate surface area is 201 Å². The second kappa shape index (κ2) is 8.81. The monoisotopic (exact) mass is 488 g/mol. The summed E-state index contributed by atoms with van der Waals surface area (Å²) < 4.78 is 4.61. The maximum atomic E-state index is 14.0. The zero-order chi connectivity index (χ0) is 23.2. The number of ether oxygens (including phenoxy) is 1. The molecule has 5 rings (SSSR count). The fourth-order valence-corrected chi connectivity index (χ4v) is 7.58. The van der Waals surface area contributed by atoms with Crippen LogP contribution < -0.4 is 4.90 Å². The molecule has 174 valence electrons. The number of β-amino-alcohol motifs (C(OH)–C–C–N with tert-alkyl or cyclic N) is 1. The number of amides is 2. The molecule has 2 fully saturated rings. The topological polar surface area (TPSA) is 87.2 Å². The van der Waals surface area contributed by atoms with Gasteiger partial charge in [0.05, 0.1) is 29.8 Å². The van der Waals surface area contributed by atoms with E-state index < -0.39 is 28.6 Å². The van der Waals surface area contributed by atoms with Crippen LogP contribution in [-0.4, -0.2) is 70.1 Å². The summed E-state index contributed by atoms with van der Waals surface area (Å²) in [7, 11) is 0. The molecule has 0 saturated carbocycles. The number of allylic oxidation sites excluding steroid dienone is 1. The van der Waals surface area contributed by atoms with Gasteiger partial charge in [-0.05, 0) is 37.1 Å². The van der Waals surface area contributed by atoms with Gasteiger partial charge >= 0.3 is 5.97 Å². The number of likely N-dealkylation sites (tertiary alicyclic amines) is 1. The van der Waals surface area contributed by atoms with Gasteiger partial charge in [-0.3, -0.25) is 14.4 Å². The molecule has 1 aromatic rings. The predicted octanol–water partition coefficient (Wildman–Crippen LogP) is 2.43. The number of hydrogen-bond donors (Lipinski definition) is 1. The quantitative estimate of drug-likeness (QED) is 0.519. The minimum absolute atomic E-state index is 0.0264. The molecule has 0 radical (unpaired) electrons. The van der Waals surface area contributed by atoms with Gasteiger partial charge in [0.2, 0.25) is 5.91 Å². The number of hydrogen-bond acceptors (Lipinski definition) is 6. The van der Waals surface area contributed by atoms with Crippen LogP contribution in [0.15, 0.2) is 48.6 Å². The zero-order valence-corrected chi connectivity index (χ0v) is 19.5. The lowest BCUT2D eigenvalue weighted by Gasteiger charge is -2.35. The number of anilines is 1. The van der Waals surface area contributed by atoms with Gasteiger partial charge in [0.15, 0.2) is 0 Å². The predicted molar refractivity (Wildman–Crippen MR) is 126 cm³/mol. The number of fused-ring (bicyclic) bond motifs is 2. The molecule has 5 atom stereocenters. The van der Waals surface area contributed by atoms with E-state index in [1.807, 2.05) is 24.3 Å². The summed E-state index contributed by atoms with van der Waals surface area (Å²) in [5, 5.41) is 10.0. The van der Waals surface area contributed by atoms with Crippen LogP contribution in [0.4, 0.5) is 5.69 Å². The van der Waals surface area contributed by atoms with Gasteiger partial charge in [-0.25, -0.2) is 0 Å². The van der Waals surface area contributed by atoms with Crippen LogP contribution in [0, 0.1) is 11.8 Å². The molecule has 9 heteroatoms. The number of cyclic esters (lactones) is 1. The summed E-state index contributed by atoms with van der Waals surface area (Å²) in [5.41, 5.74) is 0.677. The van der Waals surface area contributed by atoms with Crippen LogP contribution >= 0.6 is 23.4 Å².